The van der Waals surface area contributed by atoms with Crippen molar-refractivity contribution >= 4 is 45.6 Å². The summed E-state index contributed by atoms with van der Waals surface area (Å²) >= 11 is 7.04. The molecule has 0 radical (unpaired) electrons. The van der Waals surface area contributed by atoms with Gasteiger partial charge in [-0.1, -0.05) is 46.7 Å². The molecule has 3 aromatic rings. The molecule has 0 aliphatic heterocycles. The Bertz CT molecular complexity index is 1100. The first-order valence-corrected chi connectivity index (χ1v) is 10.4. The van der Waals surface area contributed by atoms with Crippen LogP contribution in [0.1, 0.15) is 37.6 Å². The van der Waals surface area contributed by atoms with Crippen LogP contribution in [0, 0.1) is 33.5 Å². The summed E-state index contributed by atoms with van der Waals surface area (Å²) in [5, 5.41) is 6.01. The van der Waals surface area contributed by atoms with E-state index >= 15 is 0 Å². The Morgan fingerprint density at radius 2 is 1.77 bits per heavy atom. The van der Waals surface area contributed by atoms with Gasteiger partial charge in [0.1, 0.15) is 10.7 Å². The second-order valence-corrected chi connectivity index (χ2v) is 8.49. The number of thiazole rings is 1. The first kappa shape index (κ1) is 21.9. The third-order valence-corrected chi connectivity index (χ3v) is 5.99. The lowest BCUT2D eigenvalue weighted by atomic mass is 10.1. The third kappa shape index (κ3) is 4.86. The zero-order chi connectivity index (χ0) is 22.0. The summed E-state index contributed by atoms with van der Waals surface area (Å²) in [5.41, 5.74) is 4.44. The highest BCUT2D eigenvalue weighted by Gasteiger charge is 2.19. The van der Waals surface area contributed by atoms with Gasteiger partial charge in [0, 0.05) is 16.3 Å². The van der Waals surface area contributed by atoms with Crippen LogP contribution in [-0.4, -0.2) is 16.8 Å². The molecule has 156 valence electrons. The summed E-state index contributed by atoms with van der Waals surface area (Å²) in [6.45, 7) is 7.58. The van der Waals surface area contributed by atoms with E-state index in [1.165, 1.54) is 18.2 Å². The molecule has 2 aromatic carbocycles. The molecule has 5 nitrogen and oxygen atoms in total. The number of rotatable bonds is 5. The van der Waals surface area contributed by atoms with Crippen LogP contribution < -0.4 is 10.6 Å². The highest BCUT2D eigenvalue weighted by Crippen LogP contribution is 2.27. The zero-order valence-electron chi connectivity index (χ0n) is 17.0. The molecule has 0 spiro atoms. The van der Waals surface area contributed by atoms with Gasteiger partial charge in [0.2, 0.25) is 5.91 Å². The van der Waals surface area contributed by atoms with Crippen molar-refractivity contribution < 1.29 is 14.0 Å². The predicted molar refractivity (Wildman–Crippen MR) is 119 cm³/mol. The van der Waals surface area contributed by atoms with E-state index in [-0.39, 0.29) is 28.0 Å². The van der Waals surface area contributed by atoms with Crippen LogP contribution in [0.15, 0.2) is 30.3 Å². The van der Waals surface area contributed by atoms with Gasteiger partial charge >= 0.3 is 0 Å². The first-order valence-electron chi connectivity index (χ1n) is 9.25. The number of halogens is 2. The van der Waals surface area contributed by atoms with Crippen molar-refractivity contribution in [3.8, 4) is 0 Å². The number of nitrogens with one attached hydrogen (secondary N) is 2. The zero-order valence-corrected chi connectivity index (χ0v) is 18.6. The van der Waals surface area contributed by atoms with E-state index < -0.39 is 11.7 Å². The Kier molecular flexibility index (Phi) is 6.53. The lowest BCUT2D eigenvalue weighted by Gasteiger charge is -2.12. The van der Waals surface area contributed by atoms with E-state index in [9.17, 15) is 14.0 Å². The van der Waals surface area contributed by atoms with Crippen LogP contribution in [0.25, 0.3) is 0 Å². The van der Waals surface area contributed by atoms with Crippen LogP contribution in [0.5, 0.6) is 0 Å². The lowest BCUT2D eigenvalue weighted by molar-refractivity contribution is -0.115. The Hall–Kier alpha value is -2.77. The Morgan fingerprint density at radius 3 is 2.40 bits per heavy atom. The molecule has 2 amide bonds. The molecule has 0 unspecified atom stereocenters. The molecular weight excluding hydrogens is 425 g/mol. The van der Waals surface area contributed by atoms with E-state index in [1.807, 2.05) is 32.9 Å². The van der Waals surface area contributed by atoms with Crippen molar-refractivity contribution in [1.82, 2.24) is 4.98 Å². The maximum atomic E-state index is 13.9. The fraction of sp³-hybridized carbons (Fsp3) is 0.227. The van der Waals surface area contributed by atoms with E-state index in [0.29, 0.717) is 10.6 Å². The molecule has 8 heteroatoms. The van der Waals surface area contributed by atoms with Gasteiger partial charge in [0.05, 0.1) is 12.1 Å². The van der Waals surface area contributed by atoms with Gasteiger partial charge in [0.15, 0.2) is 5.13 Å². The molecule has 0 bridgehead atoms. The highest BCUT2D eigenvalue weighted by atomic mass is 35.5. The fourth-order valence-electron chi connectivity index (χ4n) is 3.23. The summed E-state index contributed by atoms with van der Waals surface area (Å²) in [7, 11) is 0. The number of hydrogen-bond donors (Lipinski definition) is 2. The van der Waals surface area contributed by atoms with Crippen LogP contribution in [0.4, 0.5) is 15.2 Å². The molecular formula is C22H21ClFN3O2S. The molecule has 0 saturated carbocycles. The van der Waals surface area contributed by atoms with Crippen molar-refractivity contribution in [2.45, 2.75) is 34.1 Å². The second kappa shape index (κ2) is 8.93. The first-order chi connectivity index (χ1) is 14.2. The Labute approximate surface area is 183 Å². The van der Waals surface area contributed by atoms with Crippen molar-refractivity contribution in [2.24, 2.45) is 0 Å². The normalized spacial score (nSPS) is 10.7. The van der Waals surface area contributed by atoms with Gasteiger partial charge < -0.3 is 10.6 Å². The van der Waals surface area contributed by atoms with Gasteiger partial charge in [-0.05, 0) is 51.0 Å². The monoisotopic (exact) mass is 445 g/mol. The van der Waals surface area contributed by atoms with Crippen molar-refractivity contribution in [3.05, 3.63) is 74.0 Å². The fourth-order valence-corrected chi connectivity index (χ4v) is 4.34. The second-order valence-electron chi connectivity index (χ2n) is 7.09. The summed E-state index contributed by atoms with van der Waals surface area (Å²) in [5.74, 6) is -1.30. The van der Waals surface area contributed by atoms with E-state index in [1.54, 1.807) is 6.92 Å². The number of amides is 2. The standard InChI is InChI=1S/C22H21ClFN3O2S/c1-11-8-12(2)19(13(3)9-11)27-21(29)20-14(4)25-22(30-20)26-18(28)10-15-16(23)6-5-7-17(15)24/h5-9H,10H2,1-4H3,(H,27,29)(H,25,26,28). The predicted octanol–water partition coefficient (Wildman–Crippen LogP) is 5.60. The molecule has 2 N–H and O–H groups in total. The number of benzene rings is 2. The van der Waals surface area contributed by atoms with Crippen LogP contribution in [-0.2, 0) is 11.2 Å². The number of nitrogens with zero attached hydrogens (tertiary/aromatic N) is 1. The average molecular weight is 446 g/mol. The smallest absolute Gasteiger partial charge is 0.267 e. The summed E-state index contributed by atoms with van der Waals surface area (Å²) in [6.07, 6.45) is -0.229. The quantitative estimate of drug-likeness (QED) is 0.536. The molecule has 0 saturated heterocycles. The lowest BCUT2D eigenvalue weighted by Crippen LogP contribution is -2.15. The van der Waals surface area contributed by atoms with Gasteiger partial charge in [-0.25, -0.2) is 9.37 Å². The number of hydrogen-bond acceptors (Lipinski definition) is 4. The third-order valence-electron chi connectivity index (χ3n) is 4.56. The maximum absolute atomic E-state index is 13.9. The van der Waals surface area contributed by atoms with Gasteiger partial charge in [0.25, 0.3) is 5.91 Å². The molecule has 1 aromatic heterocycles. The largest absolute Gasteiger partial charge is 0.321 e. The van der Waals surface area contributed by atoms with E-state index in [2.05, 4.69) is 15.6 Å². The number of aryl methyl sites for hydroxylation is 4. The van der Waals surface area contributed by atoms with Crippen molar-refractivity contribution in [1.29, 1.82) is 0 Å². The molecule has 0 fully saturated rings. The van der Waals surface area contributed by atoms with E-state index in [4.69, 9.17) is 11.6 Å². The topological polar surface area (TPSA) is 71.1 Å². The molecule has 0 aliphatic rings. The number of carbonyl (C=O) groups is 2. The Morgan fingerprint density at radius 1 is 1.10 bits per heavy atom. The molecule has 3 rings (SSSR count). The molecule has 0 atom stereocenters. The Balaban J connectivity index is 1.74. The number of anilines is 2. The SMILES string of the molecule is Cc1cc(C)c(NC(=O)c2sc(NC(=O)Cc3c(F)cccc3Cl)nc2C)c(C)c1. The molecule has 0 aliphatic carbocycles. The minimum absolute atomic E-state index is 0.119. The van der Waals surface area contributed by atoms with Crippen LogP contribution >= 0.6 is 22.9 Å². The summed E-state index contributed by atoms with van der Waals surface area (Å²) < 4.78 is 13.9. The van der Waals surface area contributed by atoms with Gasteiger partial charge in [-0.2, -0.15) is 0 Å². The van der Waals surface area contributed by atoms with Gasteiger partial charge in [-0.3, -0.25) is 9.59 Å². The minimum Gasteiger partial charge on any atom is -0.321 e. The summed E-state index contributed by atoms with van der Waals surface area (Å²) in [4.78, 5) is 29.8. The average Bonchev–Trinajstić information content (AvgIpc) is 3.01. The molecule has 30 heavy (non-hydrogen) atoms. The number of aromatic nitrogens is 1. The van der Waals surface area contributed by atoms with Crippen molar-refractivity contribution in [2.75, 3.05) is 10.6 Å². The van der Waals surface area contributed by atoms with E-state index in [0.717, 1.165) is 33.7 Å². The van der Waals surface area contributed by atoms with Crippen molar-refractivity contribution in [3.63, 3.8) is 0 Å². The minimum atomic E-state index is -0.545. The maximum Gasteiger partial charge on any atom is 0.267 e. The molecule has 1 heterocycles. The van der Waals surface area contributed by atoms with Gasteiger partial charge in [-0.15, -0.1) is 0 Å². The van der Waals surface area contributed by atoms with Crippen LogP contribution in [0.3, 0.4) is 0 Å². The number of carbonyl (C=O) groups excluding carboxylic acids is 2. The summed E-state index contributed by atoms with van der Waals surface area (Å²) in [6, 6.07) is 8.26. The highest BCUT2D eigenvalue weighted by molar-refractivity contribution is 7.17. The van der Waals surface area contributed by atoms with Crippen LogP contribution in [0.2, 0.25) is 5.02 Å².